The van der Waals surface area contributed by atoms with E-state index in [2.05, 4.69) is 10.6 Å². The number of rotatable bonds is 2. The molecule has 1 aliphatic carbocycles. The Morgan fingerprint density at radius 1 is 1.00 bits per heavy atom. The molecule has 4 bridgehead atoms. The van der Waals surface area contributed by atoms with Crippen molar-refractivity contribution in [1.29, 1.82) is 0 Å². The lowest BCUT2D eigenvalue weighted by Gasteiger charge is -2.29. The summed E-state index contributed by atoms with van der Waals surface area (Å²) in [6.07, 6.45) is 3.40. The van der Waals surface area contributed by atoms with Gasteiger partial charge in [0.25, 0.3) is 5.91 Å². The highest BCUT2D eigenvalue weighted by Gasteiger charge is 2.40. The summed E-state index contributed by atoms with van der Waals surface area (Å²) in [4.78, 5) is 40.0. The van der Waals surface area contributed by atoms with Crippen molar-refractivity contribution in [1.82, 2.24) is 15.5 Å². The van der Waals surface area contributed by atoms with Crippen LogP contribution in [0.4, 0.5) is 0 Å². The number of methoxy groups -OCH3 is 1. The highest BCUT2D eigenvalue weighted by atomic mass is 16.5. The van der Waals surface area contributed by atoms with Gasteiger partial charge < -0.3 is 29.7 Å². The molecule has 1 saturated heterocycles. The number of amides is 3. The van der Waals surface area contributed by atoms with E-state index in [4.69, 9.17) is 14.2 Å². The minimum absolute atomic E-state index is 0.0918. The molecular formula is C28H33N3O6. The van der Waals surface area contributed by atoms with Crippen LogP contribution < -0.4 is 24.8 Å². The molecular weight excluding hydrogens is 474 g/mol. The average Bonchev–Trinajstić information content (AvgIpc) is 3.26. The normalized spacial score (nSPS) is 22.7. The summed E-state index contributed by atoms with van der Waals surface area (Å²) in [6.45, 7) is 1.09. The second-order valence-corrected chi connectivity index (χ2v) is 9.90. The van der Waals surface area contributed by atoms with E-state index in [1.807, 2.05) is 41.3 Å². The van der Waals surface area contributed by atoms with E-state index in [0.717, 1.165) is 30.4 Å². The topological polar surface area (TPSA) is 106 Å². The van der Waals surface area contributed by atoms with E-state index >= 15 is 0 Å². The van der Waals surface area contributed by atoms with Crippen molar-refractivity contribution in [2.75, 3.05) is 26.8 Å². The number of nitrogens with zero attached hydrogens (tertiary/aromatic N) is 1. The van der Waals surface area contributed by atoms with Crippen LogP contribution in [-0.4, -0.2) is 61.6 Å². The zero-order valence-corrected chi connectivity index (χ0v) is 21.0. The molecule has 2 aromatic carbocycles. The Bertz CT molecular complexity index is 1150. The molecule has 0 radical (unpaired) electrons. The van der Waals surface area contributed by atoms with Crippen LogP contribution in [0.25, 0.3) is 0 Å². The van der Waals surface area contributed by atoms with Gasteiger partial charge in [0.15, 0.2) is 18.1 Å². The van der Waals surface area contributed by atoms with Crippen molar-refractivity contribution in [2.45, 2.75) is 50.8 Å². The maximum atomic E-state index is 12.9. The lowest BCUT2D eigenvalue weighted by Crippen LogP contribution is -2.45. The van der Waals surface area contributed by atoms with Crippen LogP contribution in [-0.2, 0) is 27.3 Å². The molecule has 5 aliphatic heterocycles. The molecule has 6 aliphatic rings. The Hall–Kier alpha value is -3.75. The molecule has 0 spiro atoms. The third-order valence-corrected chi connectivity index (χ3v) is 7.31. The van der Waals surface area contributed by atoms with Gasteiger partial charge in [-0.1, -0.05) is 24.6 Å². The first-order valence-corrected chi connectivity index (χ1v) is 12.9. The molecule has 37 heavy (non-hydrogen) atoms. The van der Waals surface area contributed by atoms with Gasteiger partial charge in [0.1, 0.15) is 11.9 Å². The largest absolute Gasteiger partial charge is 0.493 e. The van der Waals surface area contributed by atoms with Gasteiger partial charge in [-0.3, -0.25) is 14.4 Å². The van der Waals surface area contributed by atoms with Gasteiger partial charge in [-0.05, 0) is 54.7 Å². The van der Waals surface area contributed by atoms with Crippen LogP contribution in [0.2, 0.25) is 0 Å². The molecule has 3 amide bonds. The molecule has 9 nitrogen and oxygen atoms in total. The number of benzene rings is 2. The monoisotopic (exact) mass is 507 g/mol. The van der Waals surface area contributed by atoms with E-state index in [1.54, 1.807) is 6.07 Å². The molecule has 196 valence electrons. The fourth-order valence-electron chi connectivity index (χ4n) is 4.90. The van der Waals surface area contributed by atoms with Crippen LogP contribution in [0.15, 0.2) is 42.5 Å². The molecule has 2 atom stereocenters. The number of aryl methyl sites for hydroxylation is 1. The van der Waals surface area contributed by atoms with E-state index in [-0.39, 0.29) is 48.8 Å². The van der Waals surface area contributed by atoms with Crippen molar-refractivity contribution >= 4 is 17.7 Å². The Balaban J connectivity index is 1.35. The van der Waals surface area contributed by atoms with E-state index in [1.165, 1.54) is 7.11 Å². The minimum atomic E-state index is -0.347. The standard InChI is InChI=1S/C28H33N3O6/c1-35-24-13-18-7-11-23(24)36-17-27(33)29-14-19-5-9-21(10-6-19)37-25-16-31(28(34)20-3-2-4-20)15-22(25)30-26(32)12-8-18/h5-7,9-11,13,20,22,25H,2-4,8,12,14-17H2,1H3,(H,29,33)(H,30,32)/t22-,25-/m0/s1. The number of carbonyl (C=O) groups is 3. The Morgan fingerprint density at radius 2 is 1.78 bits per heavy atom. The highest BCUT2D eigenvalue weighted by Crippen LogP contribution is 2.31. The van der Waals surface area contributed by atoms with Crippen molar-refractivity contribution in [3.63, 3.8) is 0 Å². The number of hydrogen-bond acceptors (Lipinski definition) is 6. The number of nitrogens with one attached hydrogen (secondary N) is 2. The van der Waals surface area contributed by atoms with Gasteiger partial charge in [-0.25, -0.2) is 0 Å². The van der Waals surface area contributed by atoms with Crippen LogP contribution >= 0.6 is 0 Å². The van der Waals surface area contributed by atoms with E-state index in [0.29, 0.717) is 43.3 Å². The number of carbonyl (C=O) groups excluding carboxylic acids is 3. The lowest BCUT2D eigenvalue weighted by molar-refractivity contribution is -0.137. The molecule has 8 rings (SSSR count). The van der Waals surface area contributed by atoms with Gasteiger partial charge in [-0.15, -0.1) is 0 Å². The van der Waals surface area contributed by atoms with Crippen molar-refractivity contribution in [3.8, 4) is 17.2 Å². The molecule has 2 N–H and O–H groups in total. The van der Waals surface area contributed by atoms with Crippen molar-refractivity contribution in [3.05, 3.63) is 53.6 Å². The van der Waals surface area contributed by atoms with Gasteiger partial charge in [0.2, 0.25) is 11.8 Å². The molecule has 2 fully saturated rings. The first-order chi connectivity index (χ1) is 18.0. The van der Waals surface area contributed by atoms with E-state index < -0.39 is 0 Å². The van der Waals surface area contributed by atoms with Crippen LogP contribution in [0.5, 0.6) is 17.2 Å². The average molecular weight is 508 g/mol. The maximum absolute atomic E-state index is 12.9. The van der Waals surface area contributed by atoms with Crippen molar-refractivity contribution < 1.29 is 28.6 Å². The number of likely N-dealkylation sites (tertiary alicyclic amines) is 1. The molecule has 0 aromatic heterocycles. The van der Waals surface area contributed by atoms with Gasteiger partial charge in [0.05, 0.1) is 19.7 Å². The predicted octanol–water partition coefficient (Wildman–Crippen LogP) is 2.21. The number of hydrogen-bond donors (Lipinski definition) is 2. The summed E-state index contributed by atoms with van der Waals surface area (Å²) in [5.41, 5.74) is 1.83. The fraction of sp³-hybridized carbons (Fsp3) is 0.464. The third kappa shape index (κ3) is 5.98. The quantitative estimate of drug-likeness (QED) is 0.646. The molecule has 2 aromatic rings. The maximum Gasteiger partial charge on any atom is 0.258 e. The Morgan fingerprint density at radius 3 is 2.51 bits per heavy atom. The highest BCUT2D eigenvalue weighted by molar-refractivity contribution is 5.81. The second-order valence-electron chi connectivity index (χ2n) is 9.90. The van der Waals surface area contributed by atoms with E-state index in [9.17, 15) is 14.4 Å². The minimum Gasteiger partial charge on any atom is -0.493 e. The molecule has 5 heterocycles. The summed E-state index contributed by atoms with van der Waals surface area (Å²) in [5.74, 6) is 1.52. The van der Waals surface area contributed by atoms with Gasteiger partial charge in [-0.2, -0.15) is 0 Å². The first kappa shape index (κ1) is 24.9. The Kier molecular flexibility index (Phi) is 7.48. The predicted molar refractivity (Wildman–Crippen MR) is 135 cm³/mol. The van der Waals surface area contributed by atoms with Crippen molar-refractivity contribution in [2.24, 2.45) is 5.92 Å². The Labute approximate surface area is 216 Å². The van der Waals surface area contributed by atoms with Crippen LogP contribution in [0.1, 0.15) is 36.8 Å². The zero-order chi connectivity index (χ0) is 25.8. The second kappa shape index (κ2) is 11.1. The SMILES string of the molecule is COc1cc2ccc1OCC(=O)NCc1ccc(cc1)O[C@H]1CN(C(=O)C3CCC3)C[C@@H]1NC(=O)CC2. The summed E-state index contributed by atoms with van der Waals surface area (Å²) in [7, 11) is 1.54. The third-order valence-electron chi connectivity index (χ3n) is 7.31. The van der Waals surface area contributed by atoms with Crippen LogP contribution in [0, 0.1) is 5.92 Å². The summed E-state index contributed by atoms with van der Waals surface area (Å²) >= 11 is 0. The lowest BCUT2D eigenvalue weighted by atomic mass is 9.84. The zero-order valence-electron chi connectivity index (χ0n) is 21.0. The molecule has 0 unspecified atom stereocenters. The summed E-state index contributed by atoms with van der Waals surface area (Å²) in [5, 5.41) is 5.97. The van der Waals surface area contributed by atoms with Gasteiger partial charge in [0, 0.05) is 25.4 Å². The summed E-state index contributed by atoms with van der Waals surface area (Å²) in [6, 6.07) is 12.6. The molecule has 9 heteroatoms. The summed E-state index contributed by atoms with van der Waals surface area (Å²) < 4.78 is 17.4. The van der Waals surface area contributed by atoms with Crippen LogP contribution in [0.3, 0.4) is 0 Å². The first-order valence-electron chi connectivity index (χ1n) is 12.9. The smallest absolute Gasteiger partial charge is 0.258 e. The fourth-order valence-corrected chi connectivity index (χ4v) is 4.90. The number of ether oxygens (including phenoxy) is 3. The molecule has 1 saturated carbocycles. The van der Waals surface area contributed by atoms with Gasteiger partial charge >= 0.3 is 0 Å².